The topological polar surface area (TPSA) is 29.3 Å². The van der Waals surface area contributed by atoms with Crippen LogP contribution in [0.1, 0.15) is 29.2 Å². The number of hydrogen-bond donors (Lipinski definition) is 1. The Hall–Kier alpha value is -1.64. The predicted octanol–water partition coefficient (Wildman–Crippen LogP) is 3.48. The minimum Gasteiger partial charge on any atom is -0.326 e. The second kappa shape index (κ2) is 7.22. The van der Waals surface area contributed by atoms with Crippen molar-refractivity contribution < 1.29 is 0 Å². The summed E-state index contributed by atoms with van der Waals surface area (Å²) < 4.78 is 0. The third-order valence-corrected chi connectivity index (χ3v) is 3.73. The van der Waals surface area contributed by atoms with Gasteiger partial charge in [0.1, 0.15) is 0 Å². The Morgan fingerprint density at radius 2 is 1.70 bits per heavy atom. The number of aryl methyl sites for hydroxylation is 1. The van der Waals surface area contributed by atoms with Gasteiger partial charge in [-0.05, 0) is 35.7 Å². The molecule has 0 unspecified atom stereocenters. The first kappa shape index (κ1) is 14.8. The fourth-order valence-electron chi connectivity index (χ4n) is 2.42. The summed E-state index contributed by atoms with van der Waals surface area (Å²) in [6.45, 7) is 8.03. The quantitative estimate of drug-likeness (QED) is 0.869. The van der Waals surface area contributed by atoms with Gasteiger partial charge in [0.05, 0.1) is 0 Å². The van der Waals surface area contributed by atoms with Gasteiger partial charge in [0, 0.05) is 19.6 Å². The van der Waals surface area contributed by atoms with Crippen LogP contribution in [0.5, 0.6) is 0 Å². The van der Waals surface area contributed by atoms with Gasteiger partial charge in [-0.3, -0.25) is 4.90 Å². The first-order chi connectivity index (χ1) is 9.72. The summed E-state index contributed by atoms with van der Waals surface area (Å²) in [6, 6.07) is 17.2. The molecule has 2 nitrogen and oxygen atoms in total. The van der Waals surface area contributed by atoms with E-state index in [-0.39, 0.29) is 0 Å². The molecule has 0 aliphatic heterocycles. The maximum absolute atomic E-state index is 5.69. The second-order valence-corrected chi connectivity index (χ2v) is 5.25. The Labute approximate surface area is 122 Å². The molecule has 0 aliphatic carbocycles. The number of benzene rings is 2. The van der Waals surface area contributed by atoms with Gasteiger partial charge >= 0.3 is 0 Å². The van der Waals surface area contributed by atoms with Crippen LogP contribution in [0.25, 0.3) is 0 Å². The Kier molecular flexibility index (Phi) is 5.33. The minimum absolute atomic E-state index is 0.614. The number of hydrogen-bond acceptors (Lipinski definition) is 2. The molecule has 0 saturated carbocycles. The number of rotatable bonds is 6. The molecule has 0 amide bonds. The Bertz CT molecular complexity index is 534. The van der Waals surface area contributed by atoms with E-state index in [9.17, 15) is 0 Å². The molecule has 0 radical (unpaired) electrons. The van der Waals surface area contributed by atoms with E-state index >= 15 is 0 Å². The third kappa shape index (κ3) is 3.92. The van der Waals surface area contributed by atoms with Crippen LogP contribution in [0.2, 0.25) is 0 Å². The average Bonchev–Trinajstić information content (AvgIpc) is 2.49. The van der Waals surface area contributed by atoms with Crippen molar-refractivity contribution in [2.24, 2.45) is 5.73 Å². The molecule has 0 atom stereocenters. The maximum Gasteiger partial charge on any atom is 0.0239 e. The van der Waals surface area contributed by atoms with Gasteiger partial charge in [-0.2, -0.15) is 0 Å². The minimum atomic E-state index is 0.614. The van der Waals surface area contributed by atoms with Crippen LogP contribution in [-0.2, 0) is 19.6 Å². The highest BCUT2D eigenvalue weighted by Crippen LogP contribution is 2.15. The van der Waals surface area contributed by atoms with Crippen LogP contribution in [-0.4, -0.2) is 11.4 Å². The van der Waals surface area contributed by atoms with Crippen molar-refractivity contribution in [2.45, 2.75) is 33.5 Å². The lowest BCUT2D eigenvalue weighted by atomic mass is 10.0. The molecule has 2 rings (SSSR count). The number of nitrogens with zero attached hydrogens (tertiary/aromatic N) is 1. The van der Waals surface area contributed by atoms with E-state index < -0.39 is 0 Å². The SMILES string of the molecule is CCN(Cc1ccccc1)Cc1ccc(CN)cc1C. The molecule has 0 saturated heterocycles. The van der Waals surface area contributed by atoms with Crippen LogP contribution < -0.4 is 5.73 Å². The predicted molar refractivity (Wildman–Crippen MR) is 85.3 cm³/mol. The molecule has 2 aromatic rings. The molecule has 0 aromatic heterocycles. The van der Waals surface area contributed by atoms with E-state index in [1.807, 2.05) is 0 Å². The van der Waals surface area contributed by atoms with Gasteiger partial charge in [-0.1, -0.05) is 55.5 Å². The van der Waals surface area contributed by atoms with Crippen molar-refractivity contribution >= 4 is 0 Å². The first-order valence-corrected chi connectivity index (χ1v) is 7.27. The van der Waals surface area contributed by atoms with Crippen LogP contribution in [0.4, 0.5) is 0 Å². The summed E-state index contributed by atoms with van der Waals surface area (Å²) in [5.74, 6) is 0. The van der Waals surface area contributed by atoms with E-state index in [0.717, 1.165) is 19.6 Å². The summed E-state index contributed by atoms with van der Waals surface area (Å²) in [6.07, 6.45) is 0. The largest absolute Gasteiger partial charge is 0.326 e. The molecule has 2 N–H and O–H groups in total. The average molecular weight is 268 g/mol. The lowest BCUT2D eigenvalue weighted by Crippen LogP contribution is -2.22. The lowest BCUT2D eigenvalue weighted by molar-refractivity contribution is 0.271. The highest BCUT2D eigenvalue weighted by Gasteiger charge is 2.07. The van der Waals surface area contributed by atoms with Crippen LogP contribution >= 0.6 is 0 Å². The molecule has 0 heterocycles. The highest BCUT2D eigenvalue weighted by atomic mass is 15.1. The maximum atomic E-state index is 5.69. The fourth-order valence-corrected chi connectivity index (χ4v) is 2.42. The standard InChI is InChI=1S/C18H24N2/c1-3-20(13-16-7-5-4-6-8-16)14-18-10-9-17(12-19)11-15(18)2/h4-11H,3,12-14,19H2,1-2H3. The molecule has 0 spiro atoms. The Morgan fingerprint density at radius 3 is 2.30 bits per heavy atom. The highest BCUT2D eigenvalue weighted by molar-refractivity contribution is 5.31. The first-order valence-electron chi connectivity index (χ1n) is 7.27. The van der Waals surface area contributed by atoms with Crippen molar-refractivity contribution in [1.82, 2.24) is 4.90 Å². The van der Waals surface area contributed by atoms with Gasteiger partial charge in [-0.25, -0.2) is 0 Å². The second-order valence-electron chi connectivity index (χ2n) is 5.25. The fraction of sp³-hybridized carbons (Fsp3) is 0.333. The van der Waals surface area contributed by atoms with Crippen LogP contribution in [0.3, 0.4) is 0 Å². The molecule has 0 aliphatic rings. The molecular formula is C18H24N2. The van der Waals surface area contributed by atoms with Crippen LogP contribution in [0.15, 0.2) is 48.5 Å². The summed E-state index contributed by atoms with van der Waals surface area (Å²) in [4.78, 5) is 2.46. The lowest BCUT2D eigenvalue weighted by Gasteiger charge is -2.22. The molecule has 106 valence electrons. The summed E-state index contributed by atoms with van der Waals surface area (Å²) in [5, 5.41) is 0. The zero-order valence-electron chi connectivity index (χ0n) is 12.5. The van der Waals surface area contributed by atoms with E-state index in [2.05, 4.69) is 67.3 Å². The molecular weight excluding hydrogens is 244 g/mol. The summed E-state index contributed by atoms with van der Waals surface area (Å²) >= 11 is 0. The van der Waals surface area contributed by atoms with Crippen molar-refractivity contribution in [3.8, 4) is 0 Å². The summed E-state index contributed by atoms with van der Waals surface area (Å²) in [7, 11) is 0. The zero-order valence-corrected chi connectivity index (χ0v) is 12.5. The third-order valence-electron chi connectivity index (χ3n) is 3.73. The van der Waals surface area contributed by atoms with E-state index in [0.29, 0.717) is 6.54 Å². The summed E-state index contributed by atoms with van der Waals surface area (Å²) in [5.41, 5.74) is 11.0. The monoisotopic (exact) mass is 268 g/mol. The molecule has 20 heavy (non-hydrogen) atoms. The van der Waals surface area contributed by atoms with Gasteiger partial charge < -0.3 is 5.73 Å². The van der Waals surface area contributed by atoms with Crippen molar-refractivity contribution in [3.05, 3.63) is 70.8 Å². The molecule has 0 bridgehead atoms. The van der Waals surface area contributed by atoms with E-state index in [4.69, 9.17) is 5.73 Å². The molecule has 2 aromatic carbocycles. The van der Waals surface area contributed by atoms with Crippen molar-refractivity contribution in [2.75, 3.05) is 6.54 Å². The Balaban J connectivity index is 2.06. The zero-order chi connectivity index (χ0) is 14.4. The normalized spacial score (nSPS) is 11.0. The van der Waals surface area contributed by atoms with Crippen molar-refractivity contribution in [1.29, 1.82) is 0 Å². The van der Waals surface area contributed by atoms with E-state index in [1.165, 1.54) is 22.3 Å². The molecule has 2 heteroatoms. The Morgan fingerprint density at radius 1 is 0.950 bits per heavy atom. The van der Waals surface area contributed by atoms with E-state index in [1.54, 1.807) is 0 Å². The van der Waals surface area contributed by atoms with Gasteiger partial charge in [0.25, 0.3) is 0 Å². The van der Waals surface area contributed by atoms with Crippen LogP contribution in [0, 0.1) is 6.92 Å². The number of nitrogens with two attached hydrogens (primary N) is 1. The van der Waals surface area contributed by atoms with Gasteiger partial charge in [-0.15, -0.1) is 0 Å². The van der Waals surface area contributed by atoms with Crippen molar-refractivity contribution in [3.63, 3.8) is 0 Å². The molecule has 0 fully saturated rings. The van der Waals surface area contributed by atoms with Gasteiger partial charge in [0.2, 0.25) is 0 Å². The smallest absolute Gasteiger partial charge is 0.0239 e. The van der Waals surface area contributed by atoms with Gasteiger partial charge in [0.15, 0.2) is 0 Å².